The number of carbonyl (C=O) groups is 1. The standard InChI is InChI=1S/C13H23NO2/c1-4-13(2,3)12(15)6-5-7-14-8-10-16-11-9-14/h5-6H,4,7-11H2,1-3H3/b6-5+. The summed E-state index contributed by atoms with van der Waals surface area (Å²) in [5.74, 6) is 0.225. The minimum Gasteiger partial charge on any atom is -0.379 e. The van der Waals surface area contributed by atoms with E-state index >= 15 is 0 Å². The maximum absolute atomic E-state index is 11.8. The lowest BCUT2D eigenvalue weighted by Gasteiger charge is -2.25. The number of nitrogens with zero attached hydrogens (tertiary/aromatic N) is 1. The van der Waals surface area contributed by atoms with Crippen LogP contribution in [-0.2, 0) is 9.53 Å². The van der Waals surface area contributed by atoms with Gasteiger partial charge in [-0.15, -0.1) is 0 Å². The number of hydrogen-bond donors (Lipinski definition) is 0. The van der Waals surface area contributed by atoms with E-state index in [-0.39, 0.29) is 11.2 Å². The van der Waals surface area contributed by atoms with E-state index in [1.807, 2.05) is 26.8 Å². The zero-order valence-electron chi connectivity index (χ0n) is 10.7. The monoisotopic (exact) mass is 225 g/mol. The summed E-state index contributed by atoms with van der Waals surface area (Å²) in [5.41, 5.74) is -0.221. The predicted molar refractivity (Wildman–Crippen MR) is 65.5 cm³/mol. The maximum atomic E-state index is 11.8. The highest BCUT2D eigenvalue weighted by Gasteiger charge is 2.22. The first-order valence-corrected chi connectivity index (χ1v) is 6.07. The van der Waals surface area contributed by atoms with Crippen molar-refractivity contribution >= 4 is 5.78 Å². The Labute approximate surface area is 98.5 Å². The molecular weight excluding hydrogens is 202 g/mol. The van der Waals surface area contributed by atoms with Crippen LogP contribution in [0.2, 0.25) is 0 Å². The van der Waals surface area contributed by atoms with Crippen LogP contribution in [0.1, 0.15) is 27.2 Å². The fourth-order valence-corrected chi connectivity index (χ4v) is 1.49. The molecule has 0 unspecified atom stereocenters. The molecule has 0 spiro atoms. The molecular formula is C13H23NO2. The summed E-state index contributed by atoms with van der Waals surface area (Å²) in [4.78, 5) is 14.1. The predicted octanol–water partition coefficient (Wildman–Crippen LogP) is 1.88. The number of rotatable bonds is 5. The van der Waals surface area contributed by atoms with E-state index in [0.29, 0.717) is 0 Å². The zero-order chi connectivity index (χ0) is 12.0. The minimum absolute atomic E-state index is 0.221. The van der Waals surface area contributed by atoms with E-state index in [1.165, 1.54) is 0 Å². The van der Waals surface area contributed by atoms with E-state index in [4.69, 9.17) is 4.74 Å². The third-order valence-corrected chi connectivity index (χ3v) is 3.29. The molecule has 0 aromatic heterocycles. The number of hydrogen-bond acceptors (Lipinski definition) is 3. The van der Waals surface area contributed by atoms with Gasteiger partial charge in [-0.1, -0.05) is 26.8 Å². The van der Waals surface area contributed by atoms with Crippen molar-refractivity contribution in [2.24, 2.45) is 5.41 Å². The topological polar surface area (TPSA) is 29.5 Å². The Hall–Kier alpha value is -0.670. The summed E-state index contributed by atoms with van der Waals surface area (Å²) in [6.45, 7) is 10.4. The number of ketones is 1. The van der Waals surface area contributed by atoms with Crippen LogP contribution in [0, 0.1) is 5.41 Å². The molecule has 0 aliphatic carbocycles. The van der Waals surface area contributed by atoms with Gasteiger partial charge in [-0.05, 0) is 12.5 Å². The molecule has 0 saturated carbocycles. The Kier molecular flexibility index (Phi) is 5.16. The number of carbonyl (C=O) groups excluding carboxylic acids is 1. The molecule has 1 aliphatic rings. The average molecular weight is 225 g/mol. The zero-order valence-corrected chi connectivity index (χ0v) is 10.7. The van der Waals surface area contributed by atoms with Gasteiger partial charge in [-0.3, -0.25) is 9.69 Å². The van der Waals surface area contributed by atoms with Crippen molar-refractivity contribution in [1.29, 1.82) is 0 Å². The van der Waals surface area contributed by atoms with Crippen LogP contribution in [0.3, 0.4) is 0 Å². The Morgan fingerprint density at radius 3 is 2.56 bits per heavy atom. The maximum Gasteiger partial charge on any atom is 0.160 e. The van der Waals surface area contributed by atoms with E-state index in [2.05, 4.69) is 4.90 Å². The molecule has 3 nitrogen and oxygen atoms in total. The first kappa shape index (κ1) is 13.4. The Morgan fingerprint density at radius 2 is 2.00 bits per heavy atom. The van der Waals surface area contributed by atoms with Crippen molar-refractivity contribution in [3.8, 4) is 0 Å². The van der Waals surface area contributed by atoms with Gasteiger partial charge in [-0.25, -0.2) is 0 Å². The van der Waals surface area contributed by atoms with Crippen LogP contribution in [-0.4, -0.2) is 43.5 Å². The van der Waals surface area contributed by atoms with Gasteiger partial charge in [0.15, 0.2) is 5.78 Å². The van der Waals surface area contributed by atoms with Crippen molar-refractivity contribution in [3.63, 3.8) is 0 Å². The molecule has 0 atom stereocenters. The summed E-state index contributed by atoms with van der Waals surface area (Å²) in [6.07, 6.45) is 4.59. The fourth-order valence-electron chi connectivity index (χ4n) is 1.49. The molecule has 1 saturated heterocycles. The smallest absolute Gasteiger partial charge is 0.160 e. The molecule has 1 rings (SSSR count). The van der Waals surface area contributed by atoms with Crippen molar-refractivity contribution in [3.05, 3.63) is 12.2 Å². The number of ether oxygens (including phenoxy) is 1. The van der Waals surface area contributed by atoms with Crippen molar-refractivity contribution in [2.45, 2.75) is 27.2 Å². The lowest BCUT2D eigenvalue weighted by atomic mass is 9.85. The second-order valence-corrected chi connectivity index (χ2v) is 4.92. The third kappa shape index (κ3) is 4.06. The number of morpholine rings is 1. The molecule has 3 heteroatoms. The van der Waals surface area contributed by atoms with Crippen LogP contribution in [0.5, 0.6) is 0 Å². The molecule has 0 N–H and O–H groups in total. The second kappa shape index (κ2) is 6.16. The highest BCUT2D eigenvalue weighted by Crippen LogP contribution is 2.21. The largest absolute Gasteiger partial charge is 0.379 e. The fraction of sp³-hybridized carbons (Fsp3) is 0.769. The van der Waals surface area contributed by atoms with Crippen LogP contribution >= 0.6 is 0 Å². The quantitative estimate of drug-likeness (QED) is 0.669. The van der Waals surface area contributed by atoms with Gasteiger partial charge in [0.1, 0.15) is 0 Å². The summed E-state index contributed by atoms with van der Waals surface area (Å²) in [5, 5.41) is 0. The Balaban J connectivity index is 2.33. The van der Waals surface area contributed by atoms with Gasteiger partial charge in [0.05, 0.1) is 13.2 Å². The van der Waals surface area contributed by atoms with Gasteiger partial charge in [0, 0.05) is 25.0 Å². The Bertz CT molecular complexity index is 253. The van der Waals surface area contributed by atoms with Crippen molar-refractivity contribution in [1.82, 2.24) is 4.90 Å². The third-order valence-electron chi connectivity index (χ3n) is 3.29. The first-order valence-electron chi connectivity index (χ1n) is 6.07. The van der Waals surface area contributed by atoms with Gasteiger partial charge < -0.3 is 4.74 Å². The first-order chi connectivity index (χ1) is 7.56. The molecule has 92 valence electrons. The van der Waals surface area contributed by atoms with Gasteiger partial charge in [0.2, 0.25) is 0 Å². The minimum atomic E-state index is -0.221. The Morgan fingerprint density at radius 1 is 1.38 bits per heavy atom. The summed E-state index contributed by atoms with van der Waals surface area (Å²) in [7, 11) is 0. The van der Waals surface area contributed by atoms with Crippen LogP contribution < -0.4 is 0 Å². The van der Waals surface area contributed by atoms with Gasteiger partial charge in [0.25, 0.3) is 0 Å². The molecule has 16 heavy (non-hydrogen) atoms. The molecule has 0 radical (unpaired) electrons. The molecule has 0 aromatic rings. The van der Waals surface area contributed by atoms with E-state index in [1.54, 1.807) is 6.08 Å². The highest BCUT2D eigenvalue weighted by molar-refractivity contribution is 5.94. The second-order valence-electron chi connectivity index (χ2n) is 4.92. The molecule has 0 aromatic carbocycles. The molecule has 1 aliphatic heterocycles. The van der Waals surface area contributed by atoms with Crippen molar-refractivity contribution < 1.29 is 9.53 Å². The highest BCUT2D eigenvalue weighted by atomic mass is 16.5. The lowest BCUT2D eigenvalue weighted by Crippen LogP contribution is -2.36. The van der Waals surface area contributed by atoms with E-state index in [9.17, 15) is 4.79 Å². The van der Waals surface area contributed by atoms with Crippen molar-refractivity contribution in [2.75, 3.05) is 32.8 Å². The molecule has 1 heterocycles. The molecule has 1 fully saturated rings. The average Bonchev–Trinajstić information content (AvgIpc) is 2.30. The summed E-state index contributed by atoms with van der Waals surface area (Å²) in [6, 6.07) is 0. The number of allylic oxidation sites excluding steroid dienone is 1. The summed E-state index contributed by atoms with van der Waals surface area (Å²) >= 11 is 0. The van der Waals surface area contributed by atoms with Crippen LogP contribution in [0.15, 0.2) is 12.2 Å². The van der Waals surface area contributed by atoms with E-state index < -0.39 is 0 Å². The molecule has 0 bridgehead atoms. The normalized spacial score (nSPS) is 19.2. The van der Waals surface area contributed by atoms with Gasteiger partial charge >= 0.3 is 0 Å². The van der Waals surface area contributed by atoms with E-state index in [0.717, 1.165) is 39.3 Å². The lowest BCUT2D eigenvalue weighted by molar-refractivity contribution is -0.122. The van der Waals surface area contributed by atoms with Gasteiger partial charge in [-0.2, -0.15) is 0 Å². The summed E-state index contributed by atoms with van der Waals surface area (Å²) < 4.78 is 5.27. The molecule has 0 amide bonds. The SMILES string of the molecule is CCC(C)(C)C(=O)/C=C/CN1CCOCC1. The van der Waals surface area contributed by atoms with Crippen LogP contribution in [0.4, 0.5) is 0 Å². The van der Waals surface area contributed by atoms with Crippen LogP contribution in [0.25, 0.3) is 0 Å².